The van der Waals surface area contributed by atoms with E-state index >= 15 is 0 Å². The van der Waals surface area contributed by atoms with Crippen LogP contribution >= 0.6 is 22.9 Å². The molecule has 0 bridgehead atoms. The highest BCUT2D eigenvalue weighted by atomic mass is 35.5. The van der Waals surface area contributed by atoms with Crippen molar-refractivity contribution in [2.24, 2.45) is 0 Å². The zero-order valence-electron chi connectivity index (χ0n) is 19.9. The van der Waals surface area contributed by atoms with Crippen molar-refractivity contribution in [3.63, 3.8) is 0 Å². The number of rotatable bonds is 7. The maximum atomic E-state index is 13.8. The summed E-state index contributed by atoms with van der Waals surface area (Å²) >= 11 is 7.63. The molecule has 0 N–H and O–H groups in total. The Morgan fingerprint density at radius 3 is 2.55 bits per heavy atom. The number of anilines is 3. The molecule has 12 heteroatoms. The molecule has 6 nitrogen and oxygen atoms in total. The largest absolute Gasteiger partial charge is 0.497 e. The first kappa shape index (κ1) is 26.3. The predicted octanol–water partition coefficient (Wildman–Crippen LogP) is 7.08. The van der Waals surface area contributed by atoms with Crippen molar-refractivity contribution in [1.29, 1.82) is 0 Å². The average Bonchev–Trinajstić information content (AvgIpc) is 3.45. The van der Waals surface area contributed by atoms with E-state index in [1.807, 2.05) is 29.6 Å². The number of halogens is 4. The number of ether oxygens (including phenoxy) is 2. The molecule has 5 rings (SSSR count). The van der Waals surface area contributed by atoms with Crippen molar-refractivity contribution in [2.45, 2.75) is 17.6 Å². The number of aromatic nitrogens is 1. The normalized spacial score (nSPS) is 14.0. The van der Waals surface area contributed by atoms with Crippen LogP contribution < -0.4 is 18.7 Å². The van der Waals surface area contributed by atoms with Gasteiger partial charge < -0.3 is 14.4 Å². The van der Waals surface area contributed by atoms with Gasteiger partial charge in [0, 0.05) is 17.6 Å². The van der Waals surface area contributed by atoms with Gasteiger partial charge in [0.05, 0.1) is 47.1 Å². The fraction of sp³-hybridized carbons (Fsp3) is 0.192. The molecule has 0 radical (unpaired) electrons. The summed E-state index contributed by atoms with van der Waals surface area (Å²) in [4.78, 5) is 6.65. The third-order valence-corrected chi connectivity index (χ3v) is 8.45. The van der Waals surface area contributed by atoms with Gasteiger partial charge in [-0.05, 0) is 48.0 Å². The van der Waals surface area contributed by atoms with Gasteiger partial charge in [0.15, 0.2) is 16.1 Å². The number of thiazole rings is 1. The van der Waals surface area contributed by atoms with E-state index in [-0.39, 0.29) is 11.6 Å². The van der Waals surface area contributed by atoms with Crippen LogP contribution in [0.1, 0.15) is 11.1 Å². The van der Waals surface area contributed by atoms with Gasteiger partial charge in [-0.2, -0.15) is 13.2 Å². The summed E-state index contributed by atoms with van der Waals surface area (Å²) in [6.07, 6.45) is -2.83. The maximum absolute atomic E-state index is 13.8. The number of alkyl halides is 3. The summed E-state index contributed by atoms with van der Waals surface area (Å²) in [5.74, 6) is 1.18. The lowest BCUT2D eigenvalue weighted by Crippen LogP contribution is -2.29. The molecular formula is C26H21ClF3N3O3S2. The minimum Gasteiger partial charge on any atom is -0.497 e. The molecule has 198 valence electrons. The zero-order valence-corrected chi connectivity index (χ0v) is 22.3. The number of hydrogen-bond donors (Lipinski definition) is 0. The van der Waals surface area contributed by atoms with Crippen molar-refractivity contribution < 1.29 is 26.9 Å². The molecule has 0 saturated heterocycles. The molecule has 0 amide bonds. The first-order valence-electron chi connectivity index (χ1n) is 11.4. The monoisotopic (exact) mass is 579 g/mol. The van der Waals surface area contributed by atoms with Crippen LogP contribution in [0, 0.1) is 0 Å². The summed E-state index contributed by atoms with van der Waals surface area (Å²) < 4.78 is 65.9. The quantitative estimate of drug-likeness (QED) is 0.234. The Morgan fingerprint density at radius 2 is 1.89 bits per heavy atom. The summed E-state index contributed by atoms with van der Waals surface area (Å²) in [5, 5.41) is 2.39. The topological polar surface area (TPSA) is 54.9 Å². The van der Waals surface area contributed by atoms with Gasteiger partial charge in [-0.1, -0.05) is 23.7 Å². The first-order valence-corrected chi connectivity index (χ1v) is 13.7. The van der Waals surface area contributed by atoms with Gasteiger partial charge in [0.2, 0.25) is 0 Å². The molecule has 0 aliphatic carbocycles. The molecule has 0 spiro atoms. The minimum absolute atomic E-state index is 0.0187. The van der Waals surface area contributed by atoms with Crippen LogP contribution in [-0.4, -0.2) is 29.5 Å². The molecule has 38 heavy (non-hydrogen) atoms. The van der Waals surface area contributed by atoms with Gasteiger partial charge in [-0.15, -0.1) is 11.3 Å². The lowest BCUT2D eigenvalue weighted by molar-refractivity contribution is -0.137. The fourth-order valence-corrected chi connectivity index (χ4v) is 6.29. The van der Waals surface area contributed by atoms with Gasteiger partial charge >= 0.3 is 6.18 Å². The Bertz CT molecular complexity index is 1450. The van der Waals surface area contributed by atoms with Crippen LogP contribution in [0.5, 0.6) is 11.5 Å². The highest BCUT2D eigenvalue weighted by Crippen LogP contribution is 2.42. The average molecular weight is 580 g/mol. The molecule has 4 aromatic rings. The van der Waals surface area contributed by atoms with Crippen LogP contribution in [0.3, 0.4) is 0 Å². The maximum Gasteiger partial charge on any atom is 0.416 e. The molecule has 3 aromatic carbocycles. The summed E-state index contributed by atoms with van der Waals surface area (Å²) in [7, 11) is -0.0351. The van der Waals surface area contributed by atoms with Crippen LogP contribution in [-0.2, 0) is 23.7 Å². The Hall–Kier alpha value is -3.28. The lowest BCUT2D eigenvalue weighted by atomic mass is 10.1. The number of benzene rings is 3. The predicted molar refractivity (Wildman–Crippen MR) is 143 cm³/mol. The van der Waals surface area contributed by atoms with E-state index < -0.39 is 22.7 Å². The summed E-state index contributed by atoms with van der Waals surface area (Å²) in [6.45, 7) is 1.01. The van der Waals surface area contributed by atoms with Crippen LogP contribution in [0.2, 0.25) is 5.02 Å². The molecule has 0 fully saturated rings. The van der Waals surface area contributed by atoms with Gasteiger partial charge in [-0.25, -0.2) is 9.19 Å². The minimum atomic E-state index is -4.49. The Kier molecular flexibility index (Phi) is 7.51. The SMILES string of the molecule is COc1ccc(CN(c2nccs2)S(=O)c2ccc3c(c2)OCCN3c2ccc(C(F)(F)F)cc2Cl)cc1. The molecule has 1 aromatic heterocycles. The molecule has 2 heterocycles. The third-order valence-electron chi connectivity index (χ3n) is 5.88. The molecule has 1 unspecified atom stereocenters. The van der Waals surface area contributed by atoms with Gasteiger partial charge in [0.1, 0.15) is 18.1 Å². The molecule has 1 atom stereocenters. The fourth-order valence-electron chi connectivity index (χ4n) is 4.02. The van der Waals surface area contributed by atoms with Crippen LogP contribution in [0.25, 0.3) is 0 Å². The Labute approximate surface area is 228 Å². The highest BCUT2D eigenvalue weighted by Gasteiger charge is 2.32. The van der Waals surface area contributed by atoms with Crippen molar-refractivity contribution >= 4 is 50.4 Å². The van der Waals surface area contributed by atoms with Crippen molar-refractivity contribution in [1.82, 2.24) is 4.98 Å². The second kappa shape index (κ2) is 10.8. The van der Waals surface area contributed by atoms with E-state index in [0.717, 1.165) is 23.4 Å². The Balaban J connectivity index is 1.44. The van der Waals surface area contributed by atoms with Crippen LogP contribution in [0.4, 0.5) is 29.7 Å². The summed E-state index contributed by atoms with van der Waals surface area (Å²) in [5.41, 5.74) is 1.16. The van der Waals surface area contributed by atoms with E-state index in [1.165, 1.54) is 17.4 Å². The third kappa shape index (κ3) is 5.45. The van der Waals surface area contributed by atoms with Crippen molar-refractivity contribution in [3.05, 3.63) is 88.4 Å². The lowest BCUT2D eigenvalue weighted by Gasteiger charge is -2.32. The second-order valence-electron chi connectivity index (χ2n) is 8.24. The second-order valence-corrected chi connectivity index (χ2v) is 10.9. The first-order chi connectivity index (χ1) is 18.2. The number of fused-ring (bicyclic) bond motifs is 1. The van der Waals surface area contributed by atoms with E-state index in [9.17, 15) is 17.4 Å². The van der Waals surface area contributed by atoms with Crippen molar-refractivity contribution in [2.75, 3.05) is 29.5 Å². The van der Waals surface area contributed by atoms with E-state index in [0.29, 0.717) is 40.2 Å². The smallest absolute Gasteiger partial charge is 0.416 e. The zero-order chi connectivity index (χ0) is 26.9. The molecule has 1 aliphatic heterocycles. The highest BCUT2D eigenvalue weighted by molar-refractivity contribution is 7.86. The number of hydrogen-bond acceptors (Lipinski definition) is 6. The molecule has 0 saturated carbocycles. The van der Waals surface area contributed by atoms with Gasteiger partial charge in [-0.3, -0.25) is 4.31 Å². The van der Waals surface area contributed by atoms with Crippen molar-refractivity contribution in [3.8, 4) is 11.5 Å². The molecular weight excluding hydrogens is 559 g/mol. The Morgan fingerprint density at radius 1 is 1.13 bits per heavy atom. The van der Waals surface area contributed by atoms with E-state index in [2.05, 4.69) is 4.98 Å². The summed E-state index contributed by atoms with van der Waals surface area (Å²) in [6, 6.07) is 15.9. The van der Waals surface area contributed by atoms with Crippen LogP contribution in [0.15, 0.2) is 77.1 Å². The van der Waals surface area contributed by atoms with E-state index in [1.54, 1.807) is 40.7 Å². The molecule has 1 aliphatic rings. The van der Waals surface area contributed by atoms with Gasteiger partial charge in [0.25, 0.3) is 0 Å². The number of methoxy groups -OCH3 is 1. The number of nitrogens with zero attached hydrogens (tertiary/aromatic N) is 3. The van der Waals surface area contributed by atoms with E-state index in [4.69, 9.17) is 21.1 Å². The standard InChI is InChI=1S/C26H21ClF3N3O3S2/c1-35-19-5-2-17(3-6-19)16-33(25-31-10-13-37-25)38(34)20-7-9-23-24(15-20)36-12-11-32(23)22-8-4-18(14-21(22)27)26(28,29)30/h2-10,13-15H,11-12,16H2,1H3.